The van der Waals surface area contributed by atoms with Crippen molar-refractivity contribution in [1.29, 1.82) is 0 Å². The van der Waals surface area contributed by atoms with Crippen LogP contribution < -0.4 is 4.74 Å². The molecule has 0 unspecified atom stereocenters. The average molecular weight is 471 g/mol. The van der Waals surface area contributed by atoms with E-state index in [2.05, 4.69) is 34.1 Å². The highest BCUT2D eigenvalue weighted by Gasteiger charge is 2.23. The number of Topliss-reactive ketones (excluding diaryl/α,β-unsaturated/α-hetero) is 1. The molecule has 3 aromatic rings. The van der Waals surface area contributed by atoms with Crippen LogP contribution in [0, 0.1) is 18.8 Å². The number of aromatic nitrogens is 1. The van der Waals surface area contributed by atoms with Gasteiger partial charge in [-0.15, -0.1) is 0 Å². The molecule has 1 aliphatic heterocycles. The van der Waals surface area contributed by atoms with Crippen molar-refractivity contribution in [3.05, 3.63) is 71.4 Å². The second-order valence-electron chi connectivity index (χ2n) is 10.5. The number of carbonyl (C=O) groups excluding carboxylic acids is 1. The first-order valence-electron chi connectivity index (χ1n) is 13.5. The number of hydrogen-bond donors (Lipinski definition) is 0. The molecule has 184 valence electrons. The number of pyridine rings is 1. The lowest BCUT2D eigenvalue weighted by Gasteiger charge is -2.32. The summed E-state index contributed by atoms with van der Waals surface area (Å²) in [4.78, 5) is 20.1. The van der Waals surface area contributed by atoms with E-state index in [9.17, 15) is 4.79 Å². The second-order valence-corrected chi connectivity index (χ2v) is 10.5. The minimum atomic E-state index is 0.249. The standard InChI is InChI=1S/C31H38N2O2/c1-23-13-14-28-29(32-23)11-6-12-30(28)35-20-19-33-17-15-24(16-18-33)21-25-7-5-10-27(22-25)31(34)26-8-3-2-4-9-26/h5-7,10-14,22,24,26H,2-4,8-9,15-21H2,1H3. The molecule has 5 rings (SSSR count). The first-order chi connectivity index (χ1) is 17.2. The van der Waals surface area contributed by atoms with Crippen molar-refractivity contribution in [2.75, 3.05) is 26.2 Å². The van der Waals surface area contributed by atoms with Crippen molar-refractivity contribution in [2.24, 2.45) is 11.8 Å². The Morgan fingerprint density at radius 1 is 0.971 bits per heavy atom. The predicted octanol–water partition coefficient (Wildman–Crippen LogP) is 6.64. The van der Waals surface area contributed by atoms with Crippen molar-refractivity contribution in [3.63, 3.8) is 0 Å². The van der Waals surface area contributed by atoms with Crippen LogP contribution in [0.2, 0.25) is 0 Å². The highest BCUT2D eigenvalue weighted by atomic mass is 16.5. The Bertz CT molecular complexity index is 1140. The van der Waals surface area contributed by atoms with Gasteiger partial charge in [0.1, 0.15) is 12.4 Å². The zero-order chi connectivity index (χ0) is 24.0. The first kappa shape index (κ1) is 24.0. The third kappa shape index (κ3) is 6.10. The van der Waals surface area contributed by atoms with Gasteiger partial charge >= 0.3 is 0 Å². The van der Waals surface area contributed by atoms with Gasteiger partial charge in [0.15, 0.2) is 5.78 Å². The lowest BCUT2D eigenvalue weighted by atomic mass is 9.83. The first-order valence-corrected chi connectivity index (χ1v) is 13.5. The molecule has 0 N–H and O–H groups in total. The molecule has 2 aromatic carbocycles. The third-order valence-electron chi connectivity index (χ3n) is 7.92. The fraction of sp³-hybridized carbons (Fsp3) is 0.484. The minimum absolute atomic E-state index is 0.249. The molecule has 2 fully saturated rings. The molecule has 1 aromatic heterocycles. The van der Waals surface area contributed by atoms with Gasteiger partial charge in [0.05, 0.1) is 5.52 Å². The molecule has 0 amide bonds. The number of piperidine rings is 1. The molecule has 0 bridgehead atoms. The lowest BCUT2D eigenvalue weighted by molar-refractivity contribution is 0.0889. The van der Waals surface area contributed by atoms with Gasteiger partial charge < -0.3 is 4.74 Å². The van der Waals surface area contributed by atoms with E-state index in [0.717, 1.165) is 66.8 Å². The van der Waals surface area contributed by atoms with Crippen LogP contribution in [0.4, 0.5) is 0 Å². The van der Waals surface area contributed by atoms with Gasteiger partial charge in [0, 0.05) is 29.1 Å². The van der Waals surface area contributed by atoms with Gasteiger partial charge in [-0.3, -0.25) is 14.7 Å². The smallest absolute Gasteiger partial charge is 0.165 e. The van der Waals surface area contributed by atoms with Crippen LogP contribution in [0.3, 0.4) is 0 Å². The van der Waals surface area contributed by atoms with Crippen molar-refractivity contribution < 1.29 is 9.53 Å². The average Bonchev–Trinajstić information content (AvgIpc) is 2.90. The lowest BCUT2D eigenvalue weighted by Crippen LogP contribution is -2.37. The maximum atomic E-state index is 13.0. The summed E-state index contributed by atoms with van der Waals surface area (Å²) in [5.74, 6) is 2.24. The fourth-order valence-corrected chi connectivity index (χ4v) is 5.84. The van der Waals surface area contributed by atoms with E-state index >= 15 is 0 Å². The van der Waals surface area contributed by atoms with E-state index in [-0.39, 0.29) is 5.92 Å². The van der Waals surface area contributed by atoms with Crippen LogP contribution >= 0.6 is 0 Å². The van der Waals surface area contributed by atoms with E-state index < -0.39 is 0 Å². The van der Waals surface area contributed by atoms with Crippen molar-refractivity contribution in [1.82, 2.24) is 9.88 Å². The third-order valence-corrected chi connectivity index (χ3v) is 7.92. The summed E-state index contributed by atoms with van der Waals surface area (Å²) < 4.78 is 6.16. The van der Waals surface area contributed by atoms with Crippen LogP contribution in [-0.2, 0) is 6.42 Å². The van der Waals surface area contributed by atoms with Crippen molar-refractivity contribution >= 4 is 16.7 Å². The molecule has 0 spiro atoms. The van der Waals surface area contributed by atoms with Crippen molar-refractivity contribution in [2.45, 2.75) is 58.3 Å². The number of nitrogens with zero attached hydrogens (tertiary/aromatic N) is 2. The molecule has 1 aliphatic carbocycles. The Hall–Kier alpha value is -2.72. The topological polar surface area (TPSA) is 42.4 Å². The Balaban J connectivity index is 1.08. The quantitative estimate of drug-likeness (QED) is 0.346. The Labute approximate surface area is 209 Å². The van der Waals surface area contributed by atoms with Crippen LogP contribution in [0.5, 0.6) is 5.75 Å². The number of benzene rings is 2. The summed E-state index contributed by atoms with van der Waals surface area (Å²) in [5, 5.41) is 1.08. The summed E-state index contributed by atoms with van der Waals surface area (Å²) in [5.41, 5.74) is 4.28. The second kappa shape index (κ2) is 11.3. The summed E-state index contributed by atoms with van der Waals surface area (Å²) in [7, 11) is 0. The van der Waals surface area contributed by atoms with E-state index in [0.29, 0.717) is 18.3 Å². The van der Waals surface area contributed by atoms with Crippen LogP contribution in [0.25, 0.3) is 10.9 Å². The van der Waals surface area contributed by atoms with Crippen molar-refractivity contribution in [3.8, 4) is 5.75 Å². The zero-order valence-corrected chi connectivity index (χ0v) is 21.0. The molecule has 4 nitrogen and oxygen atoms in total. The number of aryl methyl sites for hydroxylation is 1. The summed E-state index contributed by atoms with van der Waals surface area (Å²) in [6.07, 6.45) is 9.34. The molecule has 0 radical (unpaired) electrons. The van der Waals surface area contributed by atoms with Gasteiger partial charge in [-0.25, -0.2) is 0 Å². The maximum Gasteiger partial charge on any atom is 0.165 e. The predicted molar refractivity (Wildman–Crippen MR) is 142 cm³/mol. The highest BCUT2D eigenvalue weighted by Crippen LogP contribution is 2.28. The Morgan fingerprint density at radius 2 is 1.77 bits per heavy atom. The fourth-order valence-electron chi connectivity index (χ4n) is 5.84. The SMILES string of the molecule is Cc1ccc2c(OCCN3CCC(Cc4cccc(C(=O)C5CCCCC5)c4)CC3)cccc2n1. The molecular weight excluding hydrogens is 432 g/mol. The number of hydrogen-bond acceptors (Lipinski definition) is 4. The molecule has 1 saturated carbocycles. The number of carbonyl (C=O) groups is 1. The molecule has 2 aliphatic rings. The van der Waals surface area contributed by atoms with E-state index in [1.807, 2.05) is 37.3 Å². The Kier molecular flexibility index (Phi) is 7.78. The zero-order valence-electron chi connectivity index (χ0n) is 21.0. The monoisotopic (exact) mass is 470 g/mol. The summed E-state index contributed by atoms with van der Waals surface area (Å²) in [6.45, 7) is 5.90. The summed E-state index contributed by atoms with van der Waals surface area (Å²) >= 11 is 0. The number of ether oxygens (including phenoxy) is 1. The van der Waals surface area contributed by atoms with Gasteiger partial charge in [-0.2, -0.15) is 0 Å². The summed E-state index contributed by atoms with van der Waals surface area (Å²) in [6, 6.07) is 18.7. The van der Waals surface area contributed by atoms with Crippen LogP contribution in [0.1, 0.15) is 66.6 Å². The van der Waals surface area contributed by atoms with E-state index in [1.165, 1.54) is 37.7 Å². The molecular formula is C31H38N2O2. The van der Waals surface area contributed by atoms with Crippen LogP contribution in [-0.4, -0.2) is 41.9 Å². The normalized spacial score (nSPS) is 18.1. The minimum Gasteiger partial charge on any atom is -0.492 e. The van der Waals surface area contributed by atoms with E-state index in [1.54, 1.807) is 0 Å². The molecule has 1 saturated heterocycles. The highest BCUT2D eigenvalue weighted by molar-refractivity contribution is 5.98. The number of fused-ring (bicyclic) bond motifs is 1. The molecule has 0 atom stereocenters. The van der Waals surface area contributed by atoms with Gasteiger partial charge in [-0.1, -0.05) is 43.5 Å². The van der Waals surface area contributed by atoms with Crippen LogP contribution in [0.15, 0.2) is 54.6 Å². The number of ketones is 1. The van der Waals surface area contributed by atoms with Gasteiger partial charge in [-0.05, 0) is 93.9 Å². The van der Waals surface area contributed by atoms with Gasteiger partial charge in [0.2, 0.25) is 0 Å². The van der Waals surface area contributed by atoms with E-state index in [4.69, 9.17) is 4.74 Å². The molecule has 4 heteroatoms. The largest absolute Gasteiger partial charge is 0.492 e. The Morgan fingerprint density at radius 3 is 2.60 bits per heavy atom. The number of likely N-dealkylation sites (tertiary alicyclic amines) is 1. The maximum absolute atomic E-state index is 13.0. The van der Waals surface area contributed by atoms with Gasteiger partial charge in [0.25, 0.3) is 0 Å². The molecule has 35 heavy (non-hydrogen) atoms. The molecule has 2 heterocycles. The number of rotatable bonds is 8.